The summed E-state index contributed by atoms with van der Waals surface area (Å²) in [7, 11) is 0. The van der Waals surface area contributed by atoms with Crippen LogP contribution in [0.1, 0.15) is 52.4 Å². The molecule has 1 fully saturated rings. The summed E-state index contributed by atoms with van der Waals surface area (Å²) >= 11 is 0. The molecule has 1 saturated heterocycles. The number of hydrogen-bond donors (Lipinski definition) is 1. The Bertz CT molecular complexity index is 141. The van der Waals surface area contributed by atoms with E-state index in [9.17, 15) is 5.11 Å². The van der Waals surface area contributed by atoms with Crippen molar-refractivity contribution in [2.24, 2.45) is 0 Å². The zero-order chi connectivity index (χ0) is 9.73. The van der Waals surface area contributed by atoms with E-state index in [4.69, 9.17) is 4.74 Å². The Kier molecular flexibility index (Phi) is 4.20. The molecule has 1 N–H and O–H groups in total. The molecule has 1 aliphatic rings. The van der Waals surface area contributed by atoms with Gasteiger partial charge < -0.3 is 9.84 Å². The maximum atomic E-state index is 9.92. The summed E-state index contributed by atoms with van der Waals surface area (Å²) in [6.45, 7) is 5.12. The van der Waals surface area contributed by atoms with E-state index in [0.717, 1.165) is 32.3 Å². The predicted molar refractivity (Wildman–Crippen MR) is 53.7 cm³/mol. The van der Waals surface area contributed by atoms with Crippen LogP contribution in [0.4, 0.5) is 0 Å². The van der Waals surface area contributed by atoms with E-state index in [1.54, 1.807) is 0 Å². The molecule has 0 aromatic rings. The smallest absolute Gasteiger partial charge is 0.0962 e. The number of aliphatic hydroxyl groups is 1. The summed E-state index contributed by atoms with van der Waals surface area (Å²) in [5.41, 5.74) is -0.161. The highest BCUT2D eigenvalue weighted by Gasteiger charge is 2.43. The molecule has 2 unspecified atom stereocenters. The fourth-order valence-electron chi connectivity index (χ4n) is 2.00. The van der Waals surface area contributed by atoms with Gasteiger partial charge in [0.2, 0.25) is 0 Å². The second-order valence-corrected chi connectivity index (χ2v) is 4.07. The van der Waals surface area contributed by atoms with Gasteiger partial charge in [-0.15, -0.1) is 0 Å². The minimum Gasteiger partial charge on any atom is -0.390 e. The zero-order valence-electron chi connectivity index (χ0n) is 8.88. The van der Waals surface area contributed by atoms with Gasteiger partial charge in [-0.1, -0.05) is 33.1 Å². The first kappa shape index (κ1) is 11.0. The molecular formula is C11H22O2. The van der Waals surface area contributed by atoms with Crippen molar-refractivity contribution < 1.29 is 9.84 Å². The van der Waals surface area contributed by atoms with E-state index in [0.29, 0.717) is 0 Å². The monoisotopic (exact) mass is 186 g/mol. The van der Waals surface area contributed by atoms with Crippen molar-refractivity contribution in [1.82, 2.24) is 0 Å². The number of rotatable bonds is 6. The van der Waals surface area contributed by atoms with Crippen LogP contribution in [-0.4, -0.2) is 23.4 Å². The van der Waals surface area contributed by atoms with Gasteiger partial charge in [-0.05, 0) is 12.8 Å². The van der Waals surface area contributed by atoms with Crippen LogP contribution in [0.5, 0.6) is 0 Å². The van der Waals surface area contributed by atoms with Crippen LogP contribution in [0.3, 0.4) is 0 Å². The van der Waals surface area contributed by atoms with Gasteiger partial charge in [-0.3, -0.25) is 0 Å². The molecular weight excluding hydrogens is 164 g/mol. The molecule has 1 aliphatic heterocycles. The first-order valence-electron chi connectivity index (χ1n) is 5.57. The van der Waals surface area contributed by atoms with Crippen LogP contribution in [0.25, 0.3) is 0 Å². The number of unbranched alkanes of at least 4 members (excludes halogenated alkanes) is 1. The Balaban J connectivity index is 2.38. The van der Waals surface area contributed by atoms with Crippen molar-refractivity contribution in [3.8, 4) is 0 Å². The van der Waals surface area contributed by atoms with Crippen LogP contribution >= 0.6 is 0 Å². The van der Waals surface area contributed by atoms with Crippen molar-refractivity contribution >= 4 is 0 Å². The number of ether oxygens (including phenoxy) is 1. The summed E-state index contributed by atoms with van der Waals surface area (Å²) in [6, 6.07) is 0. The lowest BCUT2D eigenvalue weighted by Crippen LogP contribution is -2.53. The molecule has 0 bridgehead atoms. The predicted octanol–water partition coefficient (Wildman–Crippen LogP) is 2.50. The van der Waals surface area contributed by atoms with E-state index in [1.165, 1.54) is 12.8 Å². The normalized spacial score (nSPS) is 29.8. The standard InChI is InChI=1S/C11H22O2/c1-3-5-7-11(8-9-13-11)10(12)6-4-2/h10,12H,3-9H2,1-2H3. The average Bonchev–Trinajstić information content (AvgIpc) is 2.03. The van der Waals surface area contributed by atoms with Gasteiger partial charge in [0.1, 0.15) is 0 Å². The van der Waals surface area contributed by atoms with Gasteiger partial charge >= 0.3 is 0 Å². The Morgan fingerprint density at radius 2 is 2.08 bits per heavy atom. The van der Waals surface area contributed by atoms with E-state index >= 15 is 0 Å². The molecule has 0 spiro atoms. The Labute approximate surface area is 81.3 Å². The molecule has 1 heterocycles. The highest BCUT2D eigenvalue weighted by Crippen LogP contribution is 2.36. The maximum absolute atomic E-state index is 9.92. The fourth-order valence-corrected chi connectivity index (χ4v) is 2.00. The van der Waals surface area contributed by atoms with E-state index in [1.807, 2.05) is 0 Å². The first-order valence-corrected chi connectivity index (χ1v) is 5.57. The SMILES string of the molecule is CCCCC1(C(O)CCC)CCO1. The van der Waals surface area contributed by atoms with Crippen molar-refractivity contribution in [3.63, 3.8) is 0 Å². The Morgan fingerprint density at radius 1 is 1.38 bits per heavy atom. The third kappa shape index (κ3) is 2.44. The van der Waals surface area contributed by atoms with Crippen LogP contribution < -0.4 is 0 Å². The average molecular weight is 186 g/mol. The van der Waals surface area contributed by atoms with Gasteiger partial charge in [0.25, 0.3) is 0 Å². The summed E-state index contributed by atoms with van der Waals surface area (Å²) in [5, 5.41) is 9.92. The van der Waals surface area contributed by atoms with E-state index in [2.05, 4.69) is 13.8 Å². The largest absolute Gasteiger partial charge is 0.390 e. The van der Waals surface area contributed by atoms with Gasteiger partial charge in [-0.2, -0.15) is 0 Å². The molecule has 1 rings (SSSR count). The molecule has 2 nitrogen and oxygen atoms in total. The van der Waals surface area contributed by atoms with Crippen molar-refractivity contribution in [2.45, 2.75) is 64.1 Å². The molecule has 0 radical (unpaired) electrons. The molecule has 2 atom stereocenters. The maximum Gasteiger partial charge on any atom is 0.0962 e. The van der Waals surface area contributed by atoms with Crippen LogP contribution in [-0.2, 0) is 4.74 Å². The first-order chi connectivity index (χ1) is 6.25. The fraction of sp³-hybridized carbons (Fsp3) is 1.00. The summed E-state index contributed by atoms with van der Waals surface area (Å²) in [4.78, 5) is 0. The lowest BCUT2D eigenvalue weighted by molar-refractivity contribution is -0.210. The summed E-state index contributed by atoms with van der Waals surface area (Å²) in [6.07, 6.45) is 6.11. The summed E-state index contributed by atoms with van der Waals surface area (Å²) < 4.78 is 5.58. The van der Waals surface area contributed by atoms with Gasteiger partial charge in [-0.25, -0.2) is 0 Å². The molecule has 0 amide bonds. The van der Waals surface area contributed by atoms with E-state index < -0.39 is 0 Å². The Morgan fingerprint density at radius 3 is 2.46 bits per heavy atom. The lowest BCUT2D eigenvalue weighted by Gasteiger charge is -2.45. The molecule has 13 heavy (non-hydrogen) atoms. The second-order valence-electron chi connectivity index (χ2n) is 4.07. The Hall–Kier alpha value is -0.0800. The van der Waals surface area contributed by atoms with Gasteiger partial charge in [0.05, 0.1) is 18.3 Å². The lowest BCUT2D eigenvalue weighted by atomic mass is 9.82. The second kappa shape index (κ2) is 4.97. The molecule has 78 valence electrons. The topological polar surface area (TPSA) is 29.5 Å². The molecule has 0 aromatic heterocycles. The van der Waals surface area contributed by atoms with Crippen LogP contribution in [0, 0.1) is 0 Å². The van der Waals surface area contributed by atoms with Crippen molar-refractivity contribution in [2.75, 3.05) is 6.61 Å². The van der Waals surface area contributed by atoms with E-state index in [-0.39, 0.29) is 11.7 Å². The van der Waals surface area contributed by atoms with Crippen molar-refractivity contribution in [3.05, 3.63) is 0 Å². The van der Waals surface area contributed by atoms with Gasteiger partial charge in [0.15, 0.2) is 0 Å². The highest BCUT2D eigenvalue weighted by atomic mass is 16.5. The minimum atomic E-state index is -0.238. The van der Waals surface area contributed by atoms with Gasteiger partial charge in [0, 0.05) is 6.42 Å². The third-order valence-electron chi connectivity index (χ3n) is 3.04. The molecule has 2 heteroatoms. The van der Waals surface area contributed by atoms with Crippen LogP contribution in [0.15, 0.2) is 0 Å². The highest BCUT2D eigenvalue weighted by molar-refractivity contribution is 4.93. The van der Waals surface area contributed by atoms with Crippen LogP contribution in [0.2, 0.25) is 0 Å². The zero-order valence-corrected chi connectivity index (χ0v) is 8.88. The number of hydrogen-bond acceptors (Lipinski definition) is 2. The molecule has 0 aliphatic carbocycles. The molecule has 0 aromatic carbocycles. The van der Waals surface area contributed by atoms with Crippen molar-refractivity contribution in [1.29, 1.82) is 0 Å². The quantitative estimate of drug-likeness (QED) is 0.690. The summed E-state index contributed by atoms with van der Waals surface area (Å²) in [5.74, 6) is 0. The number of aliphatic hydroxyl groups excluding tert-OH is 1. The third-order valence-corrected chi connectivity index (χ3v) is 3.04. The molecule has 0 saturated carbocycles. The minimum absolute atomic E-state index is 0.161.